The van der Waals surface area contributed by atoms with Crippen LogP contribution in [0.25, 0.3) is 55.3 Å². The van der Waals surface area contributed by atoms with Crippen molar-refractivity contribution in [2.75, 3.05) is 14.7 Å². The minimum absolute atomic E-state index is 1.07. The minimum Gasteiger partial charge on any atom is -0.311 e. The number of hydrogen-bond acceptors (Lipinski definition) is 3. The molecule has 3 heteroatoms. The second-order valence-electron chi connectivity index (χ2n) is 18.1. The third-order valence-corrected chi connectivity index (χ3v) is 13.6. The van der Waals surface area contributed by atoms with Gasteiger partial charge < -0.3 is 14.7 Å². The lowest BCUT2D eigenvalue weighted by Crippen LogP contribution is -2.10. The molecule has 346 valence electrons. The van der Waals surface area contributed by atoms with E-state index in [1.54, 1.807) is 0 Å². The Hall–Kier alpha value is -9.70. The van der Waals surface area contributed by atoms with Crippen molar-refractivity contribution < 1.29 is 0 Å². The van der Waals surface area contributed by atoms with Crippen LogP contribution >= 0.6 is 0 Å². The highest BCUT2D eigenvalue weighted by atomic mass is 15.2. The van der Waals surface area contributed by atoms with Gasteiger partial charge in [0.1, 0.15) is 0 Å². The molecular formula is C70H51N3. The molecule has 12 rings (SSSR count). The quantitative estimate of drug-likeness (QED) is 0.114. The molecule has 12 aromatic carbocycles. The zero-order valence-electron chi connectivity index (χ0n) is 40.3. The van der Waals surface area contributed by atoms with Gasteiger partial charge in [-0.25, -0.2) is 0 Å². The molecule has 0 heterocycles. The van der Waals surface area contributed by atoms with E-state index in [4.69, 9.17) is 0 Å². The highest BCUT2D eigenvalue weighted by molar-refractivity contribution is 6.19. The lowest BCUT2D eigenvalue weighted by molar-refractivity contribution is 1.28. The van der Waals surface area contributed by atoms with Gasteiger partial charge in [0.2, 0.25) is 0 Å². The molecule has 0 saturated carbocycles. The van der Waals surface area contributed by atoms with Crippen molar-refractivity contribution in [3.05, 3.63) is 309 Å². The fourth-order valence-electron chi connectivity index (χ4n) is 10.4. The largest absolute Gasteiger partial charge is 0.311 e. The summed E-state index contributed by atoms with van der Waals surface area (Å²) in [6, 6.07) is 111. The Morgan fingerprint density at radius 2 is 0.370 bits per heavy atom. The van der Waals surface area contributed by atoms with E-state index in [-0.39, 0.29) is 0 Å². The molecule has 0 aliphatic heterocycles. The average Bonchev–Trinajstić information content (AvgIpc) is 3.47. The van der Waals surface area contributed by atoms with Crippen molar-refractivity contribution in [2.45, 2.75) is 0 Å². The van der Waals surface area contributed by atoms with Gasteiger partial charge in [-0.3, -0.25) is 0 Å². The topological polar surface area (TPSA) is 9.72 Å². The third kappa shape index (κ3) is 8.93. The van der Waals surface area contributed by atoms with Crippen LogP contribution in [0.15, 0.2) is 309 Å². The van der Waals surface area contributed by atoms with Crippen molar-refractivity contribution in [3.63, 3.8) is 0 Å². The highest BCUT2D eigenvalue weighted by Crippen LogP contribution is 2.53. The minimum atomic E-state index is 1.07. The Balaban J connectivity index is 1.16. The molecule has 0 bridgehead atoms. The van der Waals surface area contributed by atoms with Crippen LogP contribution < -0.4 is 14.7 Å². The van der Waals surface area contributed by atoms with Gasteiger partial charge in [-0.1, -0.05) is 200 Å². The maximum Gasteiger partial charge on any atom is 0.0468 e. The molecule has 0 aliphatic carbocycles. The van der Waals surface area contributed by atoms with E-state index in [0.29, 0.717) is 0 Å². The molecule has 0 unspecified atom stereocenters. The molecule has 0 N–H and O–H groups in total. The first-order valence-corrected chi connectivity index (χ1v) is 24.9. The number of nitrogens with zero attached hydrogens (tertiary/aromatic N) is 3. The van der Waals surface area contributed by atoms with Gasteiger partial charge in [-0.2, -0.15) is 0 Å². The number of benzene rings is 12. The lowest BCUT2D eigenvalue weighted by Gasteiger charge is -2.29. The van der Waals surface area contributed by atoms with Crippen molar-refractivity contribution >= 4 is 62.0 Å². The van der Waals surface area contributed by atoms with Crippen molar-refractivity contribution in [2.24, 2.45) is 0 Å². The Morgan fingerprint density at radius 1 is 0.151 bits per heavy atom. The highest BCUT2D eigenvalue weighted by Gasteiger charge is 2.26. The molecule has 12 aromatic rings. The predicted octanol–water partition coefficient (Wildman–Crippen LogP) is 19.9. The Morgan fingerprint density at radius 3 is 0.671 bits per heavy atom. The summed E-state index contributed by atoms with van der Waals surface area (Å²) in [6.45, 7) is 0. The zero-order valence-corrected chi connectivity index (χ0v) is 40.3. The number of hydrogen-bond donors (Lipinski definition) is 0. The van der Waals surface area contributed by atoms with Crippen molar-refractivity contribution in [3.8, 4) is 44.5 Å². The Kier molecular flexibility index (Phi) is 12.4. The summed E-state index contributed by atoms with van der Waals surface area (Å²) in [4.78, 5) is 7.02. The molecule has 0 radical (unpaired) electrons. The second kappa shape index (κ2) is 20.3. The predicted molar refractivity (Wildman–Crippen MR) is 310 cm³/mol. The van der Waals surface area contributed by atoms with Crippen LogP contribution in [0.4, 0.5) is 51.2 Å². The molecule has 0 saturated heterocycles. The van der Waals surface area contributed by atoms with Crippen LogP contribution in [-0.2, 0) is 0 Å². The van der Waals surface area contributed by atoms with Crippen LogP contribution in [0.2, 0.25) is 0 Å². The summed E-state index contributed by atoms with van der Waals surface area (Å²) < 4.78 is 0. The Bertz CT molecular complexity index is 3610. The van der Waals surface area contributed by atoms with Gasteiger partial charge in [0.15, 0.2) is 0 Å². The van der Waals surface area contributed by atoms with Crippen molar-refractivity contribution in [1.29, 1.82) is 0 Å². The summed E-state index contributed by atoms with van der Waals surface area (Å²) in [7, 11) is 0. The van der Waals surface area contributed by atoms with E-state index in [1.807, 2.05) is 0 Å². The van der Waals surface area contributed by atoms with E-state index < -0.39 is 0 Å². The monoisotopic (exact) mass is 933 g/mol. The van der Waals surface area contributed by atoms with E-state index >= 15 is 0 Å². The summed E-state index contributed by atoms with van der Waals surface area (Å²) in [5.74, 6) is 0. The standard InChI is InChI=1S/C70H51N3/c1-9-25-52(26-10-1)67-65-50-49-64(73(60-37-21-7-22-38-60)61-39-23-8-24-40-61)51-66(65)68(53-27-11-2-12-28-53)70(55-43-47-63(48-44-55)72(58-33-17-5-18-34-58)59-35-19-6-20-36-59)69(67)54-41-45-62(46-42-54)71(56-29-13-3-14-30-56)57-31-15-4-16-32-57/h1-51H. The van der Waals surface area contributed by atoms with Gasteiger partial charge in [-0.15, -0.1) is 0 Å². The van der Waals surface area contributed by atoms with Crippen molar-refractivity contribution in [1.82, 2.24) is 0 Å². The van der Waals surface area contributed by atoms with Gasteiger partial charge in [-0.05, 0) is 164 Å². The molecule has 0 amide bonds. The smallest absolute Gasteiger partial charge is 0.0468 e. The maximum absolute atomic E-state index is 2.42. The molecule has 0 aromatic heterocycles. The van der Waals surface area contributed by atoms with Gasteiger partial charge in [0.05, 0.1) is 0 Å². The maximum atomic E-state index is 2.42. The number of fused-ring (bicyclic) bond motifs is 1. The Labute approximate surface area is 428 Å². The van der Waals surface area contributed by atoms with Crippen LogP contribution in [0.5, 0.6) is 0 Å². The van der Waals surface area contributed by atoms with E-state index in [9.17, 15) is 0 Å². The van der Waals surface area contributed by atoms with Crippen LogP contribution in [0, 0.1) is 0 Å². The zero-order chi connectivity index (χ0) is 48.8. The molecule has 73 heavy (non-hydrogen) atoms. The first kappa shape index (κ1) is 44.5. The normalized spacial score (nSPS) is 11.0. The SMILES string of the molecule is c1ccc(-c2c(-c3ccc(N(c4ccccc4)c4ccccc4)cc3)c(-c3ccc(N(c4ccccc4)c4ccccc4)cc3)c(-c3ccccc3)c3cc(N(c4ccccc4)c4ccccc4)ccc23)cc1. The summed E-state index contributed by atoms with van der Waals surface area (Å²) in [5.41, 5.74) is 19.0. The fraction of sp³-hybridized carbons (Fsp3) is 0. The number of rotatable bonds is 13. The van der Waals surface area contributed by atoms with E-state index in [0.717, 1.165) is 84.4 Å². The van der Waals surface area contributed by atoms with Gasteiger partial charge >= 0.3 is 0 Å². The summed E-state index contributed by atoms with van der Waals surface area (Å²) >= 11 is 0. The van der Waals surface area contributed by atoms with Gasteiger partial charge in [0, 0.05) is 51.2 Å². The number of anilines is 9. The van der Waals surface area contributed by atoms with Gasteiger partial charge in [0.25, 0.3) is 0 Å². The van der Waals surface area contributed by atoms with Crippen LogP contribution in [-0.4, -0.2) is 0 Å². The first-order valence-electron chi connectivity index (χ1n) is 24.9. The van der Waals surface area contributed by atoms with E-state index in [2.05, 4.69) is 324 Å². The molecular weight excluding hydrogens is 883 g/mol. The lowest BCUT2D eigenvalue weighted by atomic mass is 9.78. The summed E-state index contributed by atoms with van der Waals surface area (Å²) in [6.07, 6.45) is 0. The second-order valence-corrected chi connectivity index (χ2v) is 18.1. The molecule has 0 aliphatic rings. The van der Waals surface area contributed by atoms with E-state index in [1.165, 1.54) is 22.1 Å². The average molecular weight is 934 g/mol. The molecule has 0 fully saturated rings. The number of para-hydroxylation sites is 6. The van der Waals surface area contributed by atoms with Crippen LogP contribution in [0.1, 0.15) is 0 Å². The molecule has 0 atom stereocenters. The molecule has 0 spiro atoms. The first-order chi connectivity index (χ1) is 36.3. The fourth-order valence-corrected chi connectivity index (χ4v) is 10.4. The third-order valence-electron chi connectivity index (χ3n) is 13.6. The summed E-state index contributed by atoms with van der Waals surface area (Å²) in [5, 5.41) is 2.33. The van der Waals surface area contributed by atoms with Crippen LogP contribution in [0.3, 0.4) is 0 Å². The molecule has 3 nitrogen and oxygen atoms in total.